The molecule has 0 spiro atoms. The van der Waals surface area contributed by atoms with Crippen LogP contribution in [-0.2, 0) is 0 Å². The van der Waals surface area contributed by atoms with Crippen LogP contribution in [0, 0.1) is 6.92 Å². The quantitative estimate of drug-likeness (QED) is 0.395. The molecule has 4 heterocycles. The van der Waals surface area contributed by atoms with Crippen molar-refractivity contribution in [3.05, 3.63) is 74.7 Å². The molecule has 7 heteroatoms. The molecule has 136 valence electrons. The molecule has 0 fully saturated rings. The van der Waals surface area contributed by atoms with E-state index in [1.165, 1.54) is 0 Å². The highest BCUT2D eigenvalue weighted by Gasteiger charge is 2.15. The van der Waals surface area contributed by atoms with Gasteiger partial charge in [0.15, 0.2) is 0 Å². The summed E-state index contributed by atoms with van der Waals surface area (Å²) < 4.78 is 0.483. The SMILES string of the molecule is Cc1ncc(-c2nc3[nH]c(=O)c(Br)cc3cc2-c2ccc3ncccc3c2)s1. The number of thiazole rings is 1. The Morgan fingerprint density at radius 1 is 1.07 bits per heavy atom. The number of hydrogen-bond donors (Lipinski definition) is 1. The zero-order valence-electron chi connectivity index (χ0n) is 14.7. The van der Waals surface area contributed by atoms with Crippen molar-refractivity contribution >= 4 is 49.2 Å². The van der Waals surface area contributed by atoms with Crippen molar-refractivity contribution in [1.29, 1.82) is 0 Å². The average molecular weight is 449 g/mol. The van der Waals surface area contributed by atoms with Gasteiger partial charge in [-0.25, -0.2) is 9.97 Å². The summed E-state index contributed by atoms with van der Waals surface area (Å²) in [6.07, 6.45) is 3.62. The number of rotatable bonds is 2. The number of fused-ring (bicyclic) bond motifs is 2. The minimum Gasteiger partial charge on any atom is -0.306 e. The third-order valence-electron chi connectivity index (χ3n) is 4.55. The van der Waals surface area contributed by atoms with Gasteiger partial charge in [0.2, 0.25) is 0 Å². The Morgan fingerprint density at radius 3 is 2.79 bits per heavy atom. The molecule has 0 saturated carbocycles. The maximum Gasteiger partial charge on any atom is 0.263 e. The topological polar surface area (TPSA) is 71.5 Å². The average Bonchev–Trinajstić information content (AvgIpc) is 3.14. The van der Waals surface area contributed by atoms with E-state index in [0.29, 0.717) is 10.1 Å². The summed E-state index contributed by atoms with van der Waals surface area (Å²) in [6, 6.07) is 14.0. The molecule has 5 aromatic rings. The first-order chi connectivity index (χ1) is 13.6. The predicted octanol–water partition coefficient (Wildman–Crippen LogP) is 5.33. The summed E-state index contributed by atoms with van der Waals surface area (Å²) in [6.45, 7) is 1.97. The van der Waals surface area contributed by atoms with Gasteiger partial charge in [0.05, 0.1) is 25.6 Å². The Kier molecular flexibility index (Phi) is 4.07. The van der Waals surface area contributed by atoms with Crippen LogP contribution in [0.15, 0.2) is 64.1 Å². The second-order valence-corrected chi connectivity index (χ2v) is 8.51. The van der Waals surface area contributed by atoms with Gasteiger partial charge in [0.25, 0.3) is 5.56 Å². The number of aryl methyl sites for hydroxylation is 1. The van der Waals surface area contributed by atoms with Crippen LogP contribution in [0.4, 0.5) is 0 Å². The maximum absolute atomic E-state index is 12.0. The van der Waals surface area contributed by atoms with E-state index in [1.54, 1.807) is 23.6 Å². The van der Waals surface area contributed by atoms with Crippen LogP contribution in [0.1, 0.15) is 5.01 Å². The monoisotopic (exact) mass is 448 g/mol. The molecular weight excluding hydrogens is 436 g/mol. The molecule has 1 N–H and O–H groups in total. The number of nitrogens with zero attached hydrogens (tertiary/aromatic N) is 3. The largest absolute Gasteiger partial charge is 0.306 e. The first kappa shape index (κ1) is 17.2. The Bertz CT molecular complexity index is 1420. The number of benzene rings is 1. The lowest BCUT2D eigenvalue weighted by Crippen LogP contribution is -2.07. The molecule has 28 heavy (non-hydrogen) atoms. The van der Waals surface area contributed by atoms with Crippen LogP contribution in [0.25, 0.3) is 43.6 Å². The highest BCUT2D eigenvalue weighted by atomic mass is 79.9. The van der Waals surface area contributed by atoms with Gasteiger partial charge >= 0.3 is 0 Å². The van der Waals surface area contributed by atoms with Crippen molar-refractivity contribution in [2.24, 2.45) is 0 Å². The van der Waals surface area contributed by atoms with E-state index >= 15 is 0 Å². The summed E-state index contributed by atoms with van der Waals surface area (Å²) >= 11 is 4.89. The second-order valence-electron chi connectivity index (χ2n) is 6.42. The highest BCUT2D eigenvalue weighted by Crippen LogP contribution is 2.36. The molecule has 0 atom stereocenters. The van der Waals surface area contributed by atoms with Crippen LogP contribution in [-0.4, -0.2) is 19.9 Å². The summed E-state index contributed by atoms with van der Waals surface area (Å²) in [5.41, 5.74) is 4.14. The minimum absolute atomic E-state index is 0.198. The molecule has 0 saturated heterocycles. The van der Waals surface area contributed by atoms with Gasteiger partial charge in [0, 0.05) is 28.7 Å². The van der Waals surface area contributed by atoms with Gasteiger partial charge in [-0.15, -0.1) is 11.3 Å². The van der Waals surface area contributed by atoms with Crippen molar-refractivity contribution in [3.63, 3.8) is 0 Å². The van der Waals surface area contributed by atoms with Gasteiger partial charge < -0.3 is 4.98 Å². The first-order valence-electron chi connectivity index (χ1n) is 8.60. The molecule has 0 aliphatic heterocycles. The molecule has 0 bridgehead atoms. The van der Waals surface area contributed by atoms with Crippen molar-refractivity contribution in [3.8, 4) is 21.7 Å². The van der Waals surface area contributed by atoms with Crippen LogP contribution >= 0.6 is 27.3 Å². The third kappa shape index (κ3) is 2.93. The van der Waals surface area contributed by atoms with E-state index in [4.69, 9.17) is 4.98 Å². The summed E-state index contributed by atoms with van der Waals surface area (Å²) in [4.78, 5) is 29.4. The smallest absolute Gasteiger partial charge is 0.263 e. The Labute approximate surface area is 172 Å². The Balaban J connectivity index is 1.83. The van der Waals surface area contributed by atoms with Gasteiger partial charge in [0.1, 0.15) is 5.65 Å². The van der Waals surface area contributed by atoms with Crippen LogP contribution in [0.2, 0.25) is 0 Å². The lowest BCUT2D eigenvalue weighted by atomic mass is 10.00. The molecule has 0 aliphatic rings. The lowest BCUT2D eigenvalue weighted by Gasteiger charge is -2.11. The van der Waals surface area contributed by atoms with Crippen LogP contribution < -0.4 is 5.56 Å². The lowest BCUT2D eigenvalue weighted by molar-refractivity contribution is 1.22. The maximum atomic E-state index is 12.0. The number of hydrogen-bond acceptors (Lipinski definition) is 5. The summed E-state index contributed by atoms with van der Waals surface area (Å²) in [7, 11) is 0. The van der Waals surface area contributed by atoms with Crippen molar-refractivity contribution in [2.45, 2.75) is 6.92 Å². The van der Waals surface area contributed by atoms with Crippen LogP contribution in [0.5, 0.6) is 0 Å². The molecule has 4 aromatic heterocycles. The van der Waals surface area contributed by atoms with Gasteiger partial charge in [-0.1, -0.05) is 12.1 Å². The van der Waals surface area contributed by atoms with E-state index in [-0.39, 0.29) is 5.56 Å². The van der Waals surface area contributed by atoms with Crippen molar-refractivity contribution in [1.82, 2.24) is 19.9 Å². The van der Waals surface area contributed by atoms with E-state index < -0.39 is 0 Å². The zero-order chi connectivity index (χ0) is 19.3. The highest BCUT2D eigenvalue weighted by molar-refractivity contribution is 9.10. The minimum atomic E-state index is -0.198. The fourth-order valence-electron chi connectivity index (χ4n) is 3.23. The second kappa shape index (κ2) is 6.61. The fourth-order valence-corrected chi connectivity index (χ4v) is 4.36. The molecule has 5 rings (SSSR count). The number of halogens is 1. The fraction of sp³-hybridized carbons (Fsp3) is 0.0476. The van der Waals surface area contributed by atoms with Gasteiger partial charge in [-0.05, 0) is 58.7 Å². The molecular formula is C21H13BrN4OS. The van der Waals surface area contributed by atoms with E-state index in [2.05, 4.69) is 49.1 Å². The van der Waals surface area contributed by atoms with E-state index in [9.17, 15) is 4.79 Å². The van der Waals surface area contributed by atoms with Gasteiger partial charge in [-0.3, -0.25) is 9.78 Å². The number of aromatic amines is 1. The number of H-pyrrole nitrogens is 1. The van der Waals surface area contributed by atoms with Crippen molar-refractivity contribution in [2.75, 3.05) is 0 Å². The first-order valence-corrected chi connectivity index (χ1v) is 10.2. The zero-order valence-corrected chi connectivity index (χ0v) is 17.1. The number of aromatic nitrogens is 4. The summed E-state index contributed by atoms with van der Waals surface area (Å²) in [5.74, 6) is 0. The normalized spacial score (nSPS) is 11.4. The predicted molar refractivity (Wildman–Crippen MR) is 117 cm³/mol. The van der Waals surface area contributed by atoms with Gasteiger partial charge in [-0.2, -0.15) is 0 Å². The Hall–Kier alpha value is -2.90. The number of nitrogens with one attached hydrogen (secondary N) is 1. The standard InChI is InChI=1S/C21H13BrN4OS/c1-11-24-10-18(28-11)19-15(8-14-9-16(22)21(27)26-20(14)25-19)12-4-5-17-13(7-12)3-2-6-23-17/h2-10H,1H3,(H,25,26,27). The molecule has 0 aliphatic carbocycles. The van der Waals surface area contributed by atoms with Crippen molar-refractivity contribution < 1.29 is 0 Å². The number of pyridine rings is 3. The third-order valence-corrected chi connectivity index (χ3v) is 6.06. The molecule has 5 nitrogen and oxygen atoms in total. The summed E-state index contributed by atoms with van der Waals surface area (Å²) in [5, 5.41) is 2.89. The molecule has 0 radical (unpaired) electrons. The van der Waals surface area contributed by atoms with E-state index in [0.717, 1.165) is 43.0 Å². The molecule has 0 amide bonds. The van der Waals surface area contributed by atoms with E-state index in [1.807, 2.05) is 31.3 Å². The Morgan fingerprint density at radius 2 is 1.96 bits per heavy atom. The van der Waals surface area contributed by atoms with Crippen LogP contribution in [0.3, 0.4) is 0 Å². The molecule has 0 unspecified atom stereocenters. The molecule has 1 aromatic carbocycles.